The van der Waals surface area contributed by atoms with Gasteiger partial charge in [-0.25, -0.2) is 0 Å². The van der Waals surface area contributed by atoms with E-state index in [0.29, 0.717) is 6.10 Å². The van der Waals surface area contributed by atoms with E-state index in [1.807, 2.05) is 7.11 Å². The van der Waals surface area contributed by atoms with Crippen LogP contribution in [0.25, 0.3) is 0 Å². The van der Waals surface area contributed by atoms with Gasteiger partial charge < -0.3 is 10.1 Å². The third-order valence-corrected chi connectivity index (χ3v) is 3.35. The highest BCUT2D eigenvalue weighted by Gasteiger charge is 2.29. The molecule has 2 fully saturated rings. The summed E-state index contributed by atoms with van der Waals surface area (Å²) in [7, 11) is 1.81. The number of rotatable bonds is 4. The average molecular weight is 169 g/mol. The summed E-state index contributed by atoms with van der Waals surface area (Å²) in [4.78, 5) is 0. The van der Waals surface area contributed by atoms with Crippen LogP contribution in [0, 0.1) is 5.92 Å². The van der Waals surface area contributed by atoms with Gasteiger partial charge in [-0.3, -0.25) is 0 Å². The smallest absolute Gasteiger partial charge is 0.0601 e. The summed E-state index contributed by atoms with van der Waals surface area (Å²) in [6.07, 6.45) is 7.36. The van der Waals surface area contributed by atoms with Crippen LogP contribution in [0.5, 0.6) is 0 Å². The van der Waals surface area contributed by atoms with E-state index < -0.39 is 0 Å². The zero-order valence-corrected chi connectivity index (χ0v) is 7.88. The summed E-state index contributed by atoms with van der Waals surface area (Å²) < 4.78 is 5.22. The fourth-order valence-corrected chi connectivity index (χ4v) is 1.96. The molecule has 2 saturated carbocycles. The van der Waals surface area contributed by atoms with E-state index in [-0.39, 0.29) is 0 Å². The molecule has 0 radical (unpaired) electrons. The quantitative estimate of drug-likeness (QED) is 0.689. The van der Waals surface area contributed by atoms with Gasteiger partial charge in [0.05, 0.1) is 6.10 Å². The van der Waals surface area contributed by atoms with Gasteiger partial charge in [0.1, 0.15) is 0 Å². The van der Waals surface area contributed by atoms with Crippen molar-refractivity contribution < 1.29 is 4.74 Å². The van der Waals surface area contributed by atoms with E-state index in [9.17, 15) is 0 Å². The third kappa shape index (κ3) is 1.80. The van der Waals surface area contributed by atoms with Crippen LogP contribution < -0.4 is 5.32 Å². The predicted octanol–water partition coefficient (Wildman–Crippen LogP) is 1.55. The Kier molecular flexibility index (Phi) is 2.66. The Morgan fingerprint density at radius 2 is 2.08 bits per heavy atom. The minimum atomic E-state index is 0.545. The normalized spacial score (nSPS) is 35.8. The highest BCUT2D eigenvalue weighted by atomic mass is 16.5. The molecule has 1 N–H and O–H groups in total. The van der Waals surface area contributed by atoms with E-state index >= 15 is 0 Å². The van der Waals surface area contributed by atoms with E-state index in [4.69, 9.17) is 4.74 Å². The van der Waals surface area contributed by atoms with Crippen LogP contribution in [-0.2, 0) is 4.74 Å². The second kappa shape index (κ2) is 3.75. The first-order valence-corrected chi connectivity index (χ1v) is 5.14. The Bertz CT molecular complexity index is 139. The van der Waals surface area contributed by atoms with Crippen LogP contribution in [0.1, 0.15) is 32.1 Å². The lowest BCUT2D eigenvalue weighted by Gasteiger charge is -2.37. The van der Waals surface area contributed by atoms with Gasteiger partial charge in [0.2, 0.25) is 0 Å². The predicted molar refractivity (Wildman–Crippen MR) is 49.2 cm³/mol. The molecule has 0 aromatic heterocycles. The topological polar surface area (TPSA) is 21.3 Å². The Balaban J connectivity index is 1.51. The molecule has 70 valence electrons. The maximum Gasteiger partial charge on any atom is 0.0601 e. The van der Waals surface area contributed by atoms with E-state index in [1.165, 1.54) is 38.6 Å². The molecule has 0 saturated heterocycles. The molecule has 0 aromatic carbocycles. The monoisotopic (exact) mass is 169 g/mol. The highest BCUT2D eigenvalue weighted by molar-refractivity contribution is 4.86. The molecule has 2 nitrogen and oxygen atoms in total. The van der Waals surface area contributed by atoms with Crippen molar-refractivity contribution in [2.24, 2.45) is 5.92 Å². The first-order valence-electron chi connectivity index (χ1n) is 5.14. The summed E-state index contributed by atoms with van der Waals surface area (Å²) in [5.74, 6) is 0.992. The maximum absolute atomic E-state index is 5.22. The molecule has 0 amide bonds. The first kappa shape index (κ1) is 8.52. The van der Waals surface area contributed by atoms with Gasteiger partial charge in [-0.1, -0.05) is 6.42 Å². The summed E-state index contributed by atoms with van der Waals surface area (Å²) in [6.45, 7) is 1.25. The minimum absolute atomic E-state index is 0.545. The molecular formula is C10H19NO. The summed E-state index contributed by atoms with van der Waals surface area (Å²) in [5, 5.41) is 3.61. The molecule has 0 heterocycles. The molecule has 0 bridgehead atoms. The van der Waals surface area contributed by atoms with Crippen molar-refractivity contribution in [2.45, 2.75) is 44.2 Å². The molecule has 0 aliphatic heterocycles. The number of hydrogen-bond acceptors (Lipinski definition) is 2. The van der Waals surface area contributed by atoms with Gasteiger partial charge in [-0.2, -0.15) is 0 Å². The lowest BCUT2D eigenvalue weighted by atomic mass is 9.83. The fraction of sp³-hybridized carbons (Fsp3) is 1.00. The van der Waals surface area contributed by atoms with E-state index in [0.717, 1.165) is 12.0 Å². The zero-order valence-electron chi connectivity index (χ0n) is 7.88. The summed E-state index contributed by atoms with van der Waals surface area (Å²) >= 11 is 0. The van der Waals surface area contributed by atoms with Crippen molar-refractivity contribution in [3.63, 3.8) is 0 Å². The molecule has 0 unspecified atom stereocenters. The minimum Gasteiger partial charge on any atom is -0.381 e. The summed E-state index contributed by atoms with van der Waals surface area (Å²) in [5.41, 5.74) is 0. The van der Waals surface area contributed by atoms with Crippen molar-refractivity contribution in [3.05, 3.63) is 0 Å². The summed E-state index contributed by atoms with van der Waals surface area (Å²) in [6, 6.07) is 0.760. The Hall–Kier alpha value is -0.0800. The molecule has 0 spiro atoms. The Morgan fingerprint density at radius 3 is 2.58 bits per heavy atom. The van der Waals surface area contributed by atoms with Crippen LogP contribution in [0.15, 0.2) is 0 Å². The Morgan fingerprint density at radius 1 is 1.33 bits per heavy atom. The van der Waals surface area contributed by atoms with Gasteiger partial charge in [-0.15, -0.1) is 0 Å². The number of nitrogens with one attached hydrogen (secondary N) is 1. The molecule has 12 heavy (non-hydrogen) atoms. The molecule has 0 atom stereocenters. The number of methoxy groups -OCH3 is 1. The van der Waals surface area contributed by atoms with E-state index in [2.05, 4.69) is 5.32 Å². The number of ether oxygens (including phenoxy) is 1. The molecule has 2 heteroatoms. The van der Waals surface area contributed by atoms with Crippen molar-refractivity contribution in [1.82, 2.24) is 5.32 Å². The van der Waals surface area contributed by atoms with Crippen LogP contribution in [0.3, 0.4) is 0 Å². The molecule has 0 aromatic rings. The second-order valence-electron chi connectivity index (χ2n) is 4.23. The fourth-order valence-electron chi connectivity index (χ4n) is 1.96. The Labute approximate surface area is 74.7 Å². The largest absolute Gasteiger partial charge is 0.381 e. The average Bonchev–Trinajstić information content (AvgIpc) is 1.90. The van der Waals surface area contributed by atoms with Gasteiger partial charge in [-0.05, 0) is 38.1 Å². The zero-order chi connectivity index (χ0) is 8.39. The highest BCUT2D eigenvalue weighted by Crippen LogP contribution is 2.27. The van der Waals surface area contributed by atoms with E-state index in [1.54, 1.807) is 0 Å². The van der Waals surface area contributed by atoms with Crippen LogP contribution in [0.2, 0.25) is 0 Å². The van der Waals surface area contributed by atoms with Crippen molar-refractivity contribution in [1.29, 1.82) is 0 Å². The van der Waals surface area contributed by atoms with Crippen molar-refractivity contribution in [3.8, 4) is 0 Å². The van der Waals surface area contributed by atoms with Crippen molar-refractivity contribution >= 4 is 0 Å². The first-order chi connectivity index (χ1) is 5.88. The van der Waals surface area contributed by atoms with Gasteiger partial charge >= 0.3 is 0 Å². The SMILES string of the molecule is COC1CC(NCC2CCC2)C1. The number of hydrogen-bond donors (Lipinski definition) is 1. The molecule has 2 aliphatic rings. The van der Waals surface area contributed by atoms with Gasteiger partial charge in [0, 0.05) is 13.2 Å². The molecule has 2 aliphatic carbocycles. The van der Waals surface area contributed by atoms with Gasteiger partial charge in [0.15, 0.2) is 0 Å². The third-order valence-electron chi connectivity index (χ3n) is 3.35. The van der Waals surface area contributed by atoms with Crippen LogP contribution >= 0.6 is 0 Å². The van der Waals surface area contributed by atoms with Crippen molar-refractivity contribution in [2.75, 3.05) is 13.7 Å². The van der Waals surface area contributed by atoms with Crippen LogP contribution in [0.4, 0.5) is 0 Å². The molecule has 2 rings (SSSR count). The van der Waals surface area contributed by atoms with Crippen LogP contribution in [-0.4, -0.2) is 25.8 Å². The standard InChI is InChI=1S/C10H19NO/c1-12-10-5-9(6-10)11-7-8-3-2-4-8/h8-11H,2-7H2,1H3. The lowest BCUT2D eigenvalue weighted by molar-refractivity contribution is 0.0154. The second-order valence-corrected chi connectivity index (χ2v) is 4.23. The lowest BCUT2D eigenvalue weighted by Crippen LogP contribution is -2.47. The van der Waals surface area contributed by atoms with Gasteiger partial charge in [0.25, 0.3) is 0 Å². The molecular weight excluding hydrogens is 150 g/mol. The maximum atomic E-state index is 5.22.